The second kappa shape index (κ2) is 7.10. The molecule has 0 spiro atoms. The van der Waals surface area contributed by atoms with Gasteiger partial charge in [-0.05, 0) is 41.5 Å². The molecule has 0 atom stereocenters. The lowest BCUT2D eigenvalue weighted by atomic mass is 10.2. The lowest BCUT2D eigenvalue weighted by Gasteiger charge is -2.04. The van der Waals surface area contributed by atoms with Crippen LogP contribution in [-0.2, 0) is 15.6 Å². The number of nitrogens with zero attached hydrogens (tertiary/aromatic N) is 1. The predicted octanol–water partition coefficient (Wildman–Crippen LogP) is 4.58. The molecule has 0 radical (unpaired) electrons. The van der Waals surface area contributed by atoms with E-state index in [1.54, 1.807) is 54.6 Å². The van der Waals surface area contributed by atoms with Crippen molar-refractivity contribution in [3.05, 3.63) is 74.1 Å². The highest BCUT2D eigenvalue weighted by atomic mass is 79.9. The van der Waals surface area contributed by atoms with Crippen molar-refractivity contribution < 1.29 is 8.42 Å². The highest BCUT2D eigenvalue weighted by molar-refractivity contribution is 9.10. The Morgan fingerprint density at radius 2 is 1.73 bits per heavy atom. The third-order valence-electron chi connectivity index (χ3n) is 2.88. The fourth-order valence-corrected chi connectivity index (χ4v) is 3.41. The highest BCUT2D eigenvalue weighted by Gasteiger charge is 2.18. The molecule has 3 nitrogen and oxygen atoms in total. The molecule has 0 aliphatic heterocycles. The topological polar surface area (TPSA) is 57.9 Å². The van der Waals surface area contributed by atoms with Crippen molar-refractivity contribution in [3.8, 4) is 6.07 Å². The maximum Gasteiger partial charge on any atom is 0.192 e. The van der Waals surface area contributed by atoms with Gasteiger partial charge in [-0.1, -0.05) is 51.8 Å². The molecule has 2 rings (SSSR count). The predicted molar refractivity (Wildman–Crippen MR) is 91.8 cm³/mol. The first-order valence-electron chi connectivity index (χ1n) is 6.25. The molecule has 0 saturated heterocycles. The van der Waals surface area contributed by atoms with Crippen LogP contribution in [0.2, 0.25) is 5.02 Å². The number of hydrogen-bond donors (Lipinski definition) is 0. The van der Waals surface area contributed by atoms with Crippen molar-refractivity contribution in [3.63, 3.8) is 0 Å². The van der Waals surface area contributed by atoms with E-state index in [4.69, 9.17) is 11.6 Å². The van der Waals surface area contributed by atoms with Gasteiger partial charge in [-0.25, -0.2) is 8.42 Å². The van der Waals surface area contributed by atoms with Crippen molar-refractivity contribution in [2.75, 3.05) is 0 Å². The van der Waals surface area contributed by atoms with E-state index < -0.39 is 9.84 Å². The first-order chi connectivity index (χ1) is 10.4. The number of sulfone groups is 1. The van der Waals surface area contributed by atoms with Crippen LogP contribution in [0.1, 0.15) is 11.1 Å². The molecule has 112 valence electrons. The molecule has 0 fully saturated rings. The van der Waals surface area contributed by atoms with Gasteiger partial charge in [0.1, 0.15) is 11.0 Å². The van der Waals surface area contributed by atoms with Crippen LogP contribution in [0.15, 0.2) is 57.9 Å². The first kappa shape index (κ1) is 16.8. The zero-order valence-electron chi connectivity index (χ0n) is 11.3. The summed E-state index contributed by atoms with van der Waals surface area (Å²) in [4.78, 5) is -0.259. The maximum absolute atomic E-state index is 12.4. The Balaban J connectivity index is 2.31. The molecule has 22 heavy (non-hydrogen) atoms. The second-order valence-corrected chi connectivity index (χ2v) is 7.87. The van der Waals surface area contributed by atoms with Crippen LogP contribution < -0.4 is 0 Å². The van der Waals surface area contributed by atoms with Gasteiger partial charge in [-0.2, -0.15) is 5.26 Å². The number of hydrogen-bond acceptors (Lipinski definition) is 3. The summed E-state index contributed by atoms with van der Waals surface area (Å²) in [5.74, 6) is -0.236. The van der Waals surface area contributed by atoms with E-state index in [1.807, 2.05) is 0 Å². The fraction of sp³-hybridized carbons (Fsp3) is 0.0625. The van der Waals surface area contributed by atoms with Crippen molar-refractivity contribution in [2.24, 2.45) is 0 Å². The summed E-state index contributed by atoms with van der Waals surface area (Å²) < 4.78 is 25.6. The Morgan fingerprint density at radius 1 is 1.14 bits per heavy atom. The number of rotatable bonds is 4. The van der Waals surface area contributed by atoms with E-state index in [-0.39, 0.29) is 10.7 Å². The number of benzene rings is 2. The third-order valence-corrected chi connectivity index (χ3v) is 5.26. The SMILES string of the molecule is N#C/C(=C/c1ccc(Br)cc1)S(=O)(=O)Cc1ccc(Cl)cc1. The minimum Gasteiger partial charge on any atom is -0.223 e. The zero-order chi connectivity index (χ0) is 16.2. The number of halogens is 2. The number of allylic oxidation sites excluding steroid dienone is 1. The summed E-state index contributed by atoms with van der Waals surface area (Å²) >= 11 is 9.08. The van der Waals surface area contributed by atoms with Crippen LogP contribution in [-0.4, -0.2) is 8.42 Å². The van der Waals surface area contributed by atoms with E-state index in [9.17, 15) is 13.7 Å². The molecule has 0 aromatic heterocycles. The van der Waals surface area contributed by atoms with Crippen LogP contribution in [0, 0.1) is 11.3 Å². The molecule has 0 aliphatic carbocycles. The Bertz CT molecular complexity index is 835. The van der Waals surface area contributed by atoms with Crippen LogP contribution in [0.5, 0.6) is 0 Å². The monoisotopic (exact) mass is 395 g/mol. The molecule has 0 bridgehead atoms. The van der Waals surface area contributed by atoms with Crippen molar-refractivity contribution in [2.45, 2.75) is 5.75 Å². The minimum absolute atomic E-state index is 0.236. The number of nitriles is 1. The highest BCUT2D eigenvalue weighted by Crippen LogP contribution is 2.20. The first-order valence-corrected chi connectivity index (χ1v) is 9.07. The summed E-state index contributed by atoms with van der Waals surface area (Å²) in [7, 11) is -3.70. The van der Waals surface area contributed by atoms with Crippen LogP contribution in [0.3, 0.4) is 0 Å². The molecule has 0 unspecified atom stereocenters. The van der Waals surface area contributed by atoms with Gasteiger partial charge in [-0.15, -0.1) is 0 Å². The minimum atomic E-state index is -3.70. The van der Waals surface area contributed by atoms with E-state index in [0.717, 1.165) is 4.47 Å². The van der Waals surface area contributed by atoms with E-state index >= 15 is 0 Å². The molecule has 0 N–H and O–H groups in total. The smallest absolute Gasteiger partial charge is 0.192 e. The van der Waals surface area contributed by atoms with Gasteiger partial charge in [0.05, 0.1) is 5.75 Å². The summed E-state index contributed by atoms with van der Waals surface area (Å²) in [5.41, 5.74) is 1.24. The largest absolute Gasteiger partial charge is 0.223 e. The van der Waals surface area contributed by atoms with Gasteiger partial charge in [0.2, 0.25) is 0 Å². The van der Waals surface area contributed by atoms with Gasteiger partial charge in [0, 0.05) is 9.50 Å². The zero-order valence-corrected chi connectivity index (χ0v) is 14.5. The quantitative estimate of drug-likeness (QED) is 0.711. The summed E-state index contributed by atoms with van der Waals surface area (Å²) in [5, 5.41) is 9.71. The molecule has 2 aromatic carbocycles. The Hall–Kier alpha value is -1.61. The average Bonchev–Trinajstić information content (AvgIpc) is 2.48. The molecule has 0 aliphatic rings. The van der Waals surface area contributed by atoms with Crippen molar-refractivity contribution >= 4 is 43.4 Å². The molecule has 6 heteroatoms. The second-order valence-electron chi connectivity index (χ2n) is 4.56. The molecule has 0 heterocycles. The van der Waals surface area contributed by atoms with Crippen LogP contribution in [0.25, 0.3) is 6.08 Å². The Kier molecular flexibility index (Phi) is 5.41. The standard InChI is InChI=1S/C16H11BrClNO2S/c17-14-5-1-12(2-6-14)9-16(10-19)22(20,21)11-13-3-7-15(18)8-4-13/h1-9H,11H2/b16-9-. The van der Waals surface area contributed by atoms with Gasteiger partial charge in [0.25, 0.3) is 0 Å². The molecule has 0 saturated carbocycles. The third kappa shape index (κ3) is 4.44. The summed E-state index contributed by atoms with van der Waals surface area (Å²) in [6.45, 7) is 0. The molecular weight excluding hydrogens is 386 g/mol. The fourth-order valence-electron chi connectivity index (χ4n) is 1.78. The van der Waals surface area contributed by atoms with Gasteiger partial charge < -0.3 is 0 Å². The van der Waals surface area contributed by atoms with Crippen LogP contribution >= 0.6 is 27.5 Å². The average molecular weight is 397 g/mol. The normalized spacial score (nSPS) is 12.0. The Labute approximate surface area is 142 Å². The van der Waals surface area contributed by atoms with Gasteiger partial charge in [0.15, 0.2) is 9.84 Å². The van der Waals surface area contributed by atoms with Crippen LogP contribution in [0.4, 0.5) is 0 Å². The molecule has 2 aromatic rings. The summed E-state index contributed by atoms with van der Waals surface area (Å²) in [6, 6.07) is 15.3. The maximum atomic E-state index is 12.4. The van der Waals surface area contributed by atoms with E-state index in [2.05, 4.69) is 15.9 Å². The van der Waals surface area contributed by atoms with Crippen molar-refractivity contribution in [1.82, 2.24) is 0 Å². The summed E-state index contributed by atoms with van der Waals surface area (Å²) in [6.07, 6.45) is 1.37. The van der Waals surface area contributed by atoms with Gasteiger partial charge in [-0.3, -0.25) is 0 Å². The lowest BCUT2D eigenvalue weighted by Crippen LogP contribution is -2.06. The van der Waals surface area contributed by atoms with Gasteiger partial charge >= 0.3 is 0 Å². The molecular formula is C16H11BrClNO2S. The molecule has 0 amide bonds. The Morgan fingerprint density at radius 3 is 2.27 bits per heavy atom. The van der Waals surface area contributed by atoms with E-state index in [0.29, 0.717) is 16.1 Å². The van der Waals surface area contributed by atoms with Crippen molar-refractivity contribution in [1.29, 1.82) is 5.26 Å². The van der Waals surface area contributed by atoms with E-state index in [1.165, 1.54) is 6.08 Å². The lowest BCUT2D eigenvalue weighted by molar-refractivity contribution is 0.602.